The molecule has 0 fully saturated rings. The number of ether oxygens (including phenoxy) is 1. The van der Waals surface area contributed by atoms with Gasteiger partial charge in [-0.1, -0.05) is 42.5 Å². The molecular formula is C55H67N7O11S2. The van der Waals surface area contributed by atoms with E-state index in [9.17, 15) is 32.5 Å². The highest BCUT2D eigenvalue weighted by atomic mass is 32.2. The van der Waals surface area contributed by atoms with Crippen molar-refractivity contribution < 1.29 is 49.8 Å². The Labute approximate surface area is 439 Å². The number of hydrogen-bond acceptors (Lipinski definition) is 13. The van der Waals surface area contributed by atoms with E-state index in [-0.39, 0.29) is 22.9 Å². The van der Waals surface area contributed by atoms with Crippen LogP contribution in [0.25, 0.3) is 27.6 Å². The van der Waals surface area contributed by atoms with Crippen LogP contribution in [0.2, 0.25) is 0 Å². The topological polar surface area (TPSA) is 240 Å². The summed E-state index contributed by atoms with van der Waals surface area (Å²) in [7, 11) is 0.159. The number of allylic oxidation sites excluding steroid dienone is 1. The predicted octanol–water partition coefficient (Wildman–Crippen LogP) is 5.23. The van der Waals surface area contributed by atoms with Gasteiger partial charge >= 0.3 is 16.6 Å². The number of likely N-dealkylation sites (N-methyl/N-ethyl adjacent to an activating group) is 2. The fourth-order valence-corrected chi connectivity index (χ4v) is 10.3. The summed E-state index contributed by atoms with van der Waals surface area (Å²) in [6.07, 6.45) is 7.33. The minimum atomic E-state index is -4.58. The van der Waals surface area contributed by atoms with E-state index in [4.69, 9.17) is 17.4 Å². The van der Waals surface area contributed by atoms with Gasteiger partial charge < -0.3 is 34.5 Å². The van der Waals surface area contributed by atoms with Crippen molar-refractivity contribution >= 4 is 71.8 Å². The molecule has 18 nitrogen and oxygen atoms in total. The van der Waals surface area contributed by atoms with Gasteiger partial charge in [0.05, 0.1) is 45.1 Å². The van der Waals surface area contributed by atoms with Crippen molar-refractivity contribution in [3.05, 3.63) is 135 Å². The van der Waals surface area contributed by atoms with Crippen LogP contribution in [0, 0.1) is 0 Å². The minimum Gasteiger partial charge on any atom is -0.748 e. The van der Waals surface area contributed by atoms with Crippen LogP contribution < -0.4 is 40.8 Å². The number of aromatic carboxylic acids is 1. The summed E-state index contributed by atoms with van der Waals surface area (Å²) in [5, 5.41) is 20.5. The van der Waals surface area contributed by atoms with Crippen molar-refractivity contribution in [2.45, 2.75) is 91.4 Å². The zero-order valence-corrected chi connectivity index (χ0v) is 45.8. The molecular weight excluding hydrogens is 999 g/mol. The standard InChI is InChI=1S/C34H34N2O6S.C21H33N5O2.O3S/c1-19-16-33(2,3)35(6)27-14-29-25(12-23(19)27)31(21-10-8-9-11-22(21)32(37)38)26-13-24-20(18-43(39,40)41)17-34(4,5)36(7)28(24)15-30(26)42-29;1-17(27)23-12-7-4-8-13-24-21(28)11-14-26-19(16-25(3)22-2)15-18-9-5-6-10-20(18)26;1-4(2)3/h8-17H,18H2,1-7H3,(H-,37,38,39,40,41);5-6,9-10,15,22H,4,7-8,11-14,16H2,1-3H3,(H,23,27)(H,24,28);. The number of amides is 2. The van der Waals surface area contributed by atoms with E-state index >= 15 is 0 Å². The molecule has 0 saturated carbocycles. The molecule has 0 radical (unpaired) electrons. The van der Waals surface area contributed by atoms with E-state index in [1.54, 1.807) is 24.3 Å². The van der Waals surface area contributed by atoms with Crippen LogP contribution in [-0.2, 0) is 43.4 Å². The predicted molar refractivity (Wildman–Crippen MR) is 289 cm³/mol. The van der Waals surface area contributed by atoms with Gasteiger partial charge in [-0.2, -0.15) is 0 Å². The van der Waals surface area contributed by atoms with Gasteiger partial charge in [0.25, 0.3) is 0 Å². The Morgan fingerprint density at radius 2 is 1.51 bits per heavy atom. The first kappa shape index (κ1) is 57.3. The highest BCUT2D eigenvalue weighted by molar-refractivity contribution is 7.86. The molecule has 3 aliphatic rings. The average molecular weight is 1070 g/mol. The number of benzene rings is 4. The number of aromatic nitrogens is 1. The molecule has 0 atom stereocenters. The van der Waals surface area contributed by atoms with E-state index < -0.39 is 38.0 Å². The summed E-state index contributed by atoms with van der Waals surface area (Å²) in [4.78, 5) is 37.7. The van der Waals surface area contributed by atoms with Crippen molar-refractivity contribution in [2.24, 2.45) is 0 Å². The zero-order chi connectivity index (χ0) is 55.2. The summed E-state index contributed by atoms with van der Waals surface area (Å²) in [5.74, 6) is -0.534. The maximum atomic E-state index is 12.5. The largest absolute Gasteiger partial charge is 0.748 e. The maximum absolute atomic E-state index is 12.5. The first-order valence-electron chi connectivity index (χ1n) is 24.5. The Morgan fingerprint density at radius 3 is 2.16 bits per heavy atom. The maximum Gasteiger partial charge on any atom is 0.425 e. The van der Waals surface area contributed by atoms with Crippen molar-refractivity contribution in [1.82, 2.24) is 30.2 Å². The number of aryl methyl sites for hydroxylation is 1. The summed E-state index contributed by atoms with van der Waals surface area (Å²) < 4.78 is 72.2. The number of unbranched alkanes of at least 4 members (excludes halogenated alkanes) is 2. The van der Waals surface area contributed by atoms with Gasteiger partial charge in [0, 0.05) is 106 Å². The number of carboxylic acids is 1. The molecule has 0 unspecified atom stereocenters. The highest BCUT2D eigenvalue weighted by Crippen LogP contribution is 2.46. The molecule has 400 valence electrons. The molecule has 4 aromatic carbocycles. The zero-order valence-electron chi connectivity index (χ0n) is 44.2. The van der Waals surface area contributed by atoms with Gasteiger partial charge in [0.2, 0.25) is 17.2 Å². The molecule has 0 spiro atoms. The number of hydrazine groups is 1. The van der Waals surface area contributed by atoms with Crippen LogP contribution >= 0.6 is 0 Å². The Kier molecular flexibility index (Phi) is 18.1. The van der Waals surface area contributed by atoms with Gasteiger partial charge in [-0.15, -0.1) is 12.6 Å². The number of fused-ring (bicyclic) bond motifs is 5. The second-order valence-corrected chi connectivity index (χ2v) is 21.8. The Morgan fingerprint density at radius 1 is 0.853 bits per heavy atom. The number of para-hydroxylation sites is 1. The van der Waals surface area contributed by atoms with Crippen LogP contribution in [0.3, 0.4) is 0 Å². The number of nitrogens with one attached hydrogen (secondary N) is 3. The second kappa shape index (κ2) is 23.7. The molecule has 4 heterocycles. The van der Waals surface area contributed by atoms with Gasteiger partial charge in [-0.25, -0.2) is 22.8 Å². The summed E-state index contributed by atoms with van der Waals surface area (Å²) in [6.45, 7) is 14.6. The van der Waals surface area contributed by atoms with E-state index in [2.05, 4.69) is 70.6 Å². The summed E-state index contributed by atoms with van der Waals surface area (Å²) in [6, 6.07) is 25.1. The number of anilines is 1. The van der Waals surface area contributed by atoms with Gasteiger partial charge in [-0.3, -0.25) is 15.0 Å². The van der Waals surface area contributed by atoms with Crippen molar-refractivity contribution in [3.8, 4) is 11.5 Å². The molecule has 20 heteroatoms. The molecule has 0 saturated heterocycles. The van der Waals surface area contributed by atoms with Gasteiger partial charge in [-0.05, 0) is 106 Å². The minimum absolute atomic E-state index is 0.00567. The number of nitrogens with zero attached hydrogens (tertiary/aromatic N) is 4. The molecule has 0 aliphatic carbocycles. The van der Waals surface area contributed by atoms with Crippen LogP contribution in [0.15, 0.2) is 91.0 Å². The lowest BCUT2D eigenvalue weighted by Gasteiger charge is -2.41. The van der Waals surface area contributed by atoms with Crippen LogP contribution in [0.5, 0.6) is 11.5 Å². The monoisotopic (exact) mass is 1070 g/mol. The number of carboxylic acid groups (broad SMARTS) is 1. The molecule has 8 rings (SSSR count). The normalized spacial score (nSPS) is 14.8. The van der Waals surface area contributed by atoms with Crippen LogP contribution in [0.1, 0.15) is 106 Å². The first-order valence-corrected chi connectivity index (χ1v) is 27.1. The number of carbonyl (C=O) groups is 3. The second-order valence-electron chi connectivity index (χ2n) is 20.0. The Bertz CT molecular complexity index is 3470. The van der Waals surface area contributed by atoms with E-state index in [1.807, 2.05) is 94.1 Å². The quantitative estimate of drug-likeness (QED) is 0.0421. The third kappa shape index (κ3) is 13.9. The smallest absolute Gasteiger partial charge is 0.425 e. The molecule has 2 amide bonds. The van der Waals surface area contributed by atoms with E-state index in [0.717, 1.165) is 53.7 Å². The molecule has 0 bridgehead atoms. The van der Waals surface area contributed by atoms with Crippen molar-refractivity contribution in [3.63, 3.8) is 0 Å². The van der Waals surface area contributed by atoms with Gasteiger partial charge in [0.1, 0.15) is 18.5 Å². The molecule has 75 heavy (non-hydrogen) atoms. The molecule has 4 N–H and O–H groups in total. The van der Waals surface area contributed by atoms with E-state index in [0.29, 0.717) is 70.4 Å². The van der Waals surface area contributed by atoms with E-state index in [1.165, 1.54) is 18.0 Å². The van der Waals surface area contributed by atoms with Gasteiger partial charge in [0.15, 0.2) is 5.54 Å². The number of carbonyl (C=O) groups excluding carboxylic acids is 2. The summed E-state index contributed by atoms with van der Waals surface area (Å²) in [5.41, 5.74) is 10.8. The molecule has 1 aromatic heterocycles. The fourth-order valence-electron chi connectivity index (χ4n) is 9.71. The highest BCUT2D eigenvalue weighted by Gasteiger charge is 2.36. The average Bonchev–Trinajstić information content (AvgIpc) is 3.68. The third-order valence-corrected chi connectivity index (χ3v) is 14.5. The summed E-state index contributed by atoms with van der Waals surface area (Å²) >= 11 is 0. The fraction of sp³-hybridized carbons (Fsp3) is 0.382. The third-order valence-electron chi connectivity index (χ3n) is 13.8. The lowest BCUT2D eigenvalue weighted by molar-refractivity contribution is -0.121. The Balaban J connectivity index is 0.000000247. The molecule has 3 aliphatic heterocycles. The number of rotatable bonds is 16. The SMILES string of the molecule is CC1=CC(C)(C)N(C)c2cc3c(cc21)C(c1ccccc1C(=O)O)=c1cc2c(cc1O3)=[N+](C)C(C)(C)C=C2CS(=O)(=O)[O-].CNN(C)Cc1cc2ccccc2n1CCC(=O)NCCCCCNC(C)=O.O=S(=O)=O. The first-order chi connectivity index (χ1) is 35.2. The van der Waals surface area contributed by atoms with Crippen molar-refractivity contribution in [2.75, 3.05) is 51.9 Å². The van der Waals surface area contributed by atoms with Crippen LogP contribution in [0.4, 0.5) is 5.69 Å². The Hall–Kier alpha value is -6.97. The molecule has 5 aromatic rings. The lowest BCUT2D eigenvalue weighted by Crippen LogP contribution is -2.47. The number of hydrogen-bond donors (Lipinski definition) is 4. The van der Waals surface area contributed by atoms with Crippen molar-refractivity contribution in [1.29, 1.82) is 0 Å². The van der Waals surface area contributed by atoms with Crippen LogP contribution in [-0.4, -0.2) is 116 Å². The lowest BCUT2D eigenvalue weighted by atomic mass is 9.83.